The van der Waals surface area contributed by atoms with E-state index in [-0.39, 0.29) is 28.9 Å². The van der Waals surface area contributed by atoms with Crippen LogP contribution in [-0.4, -0.2) is 28.3 Å². The molecule has 1 rings (SSSR count). The van der Waals surface area contributed by atoms with Gasteiger partial charge in [0, 0.05) is 18.7 Å². The lowest BCUT2D eigenvalue weighted by molar-refractivity contribution is -0.383. The minimum atomic E-state index is -0.575. The second-order valence-electron chi connectivity index (χ2n) is 5.44. The lowest BCUT2D eigenvalue weighted by Crippen LogP contribution is -2.39. The molecule has 1 amide bonds. The Labute approximate surface area is 118 Å². The molecule has 6 heteroatoms. The van der Waals surface area contributed by atoms with Crippen molar-refractivity contribution in [2.24, 2.45) is 5.92 Å². The van der Waals surface area contributed by atoms with E-state index in [2.05, 4.69) is 0 Å². The molecule has 0 saturated heterocycles. The molecule has 1 aromatic rings. The number of hydrogen-bond donors (Lipinski definition) is 1. The summed E-state index contributed by atoms with van der Waals surface area (Å²) in [5.74, 6) is 0.0381. The predicted molar refractivity (Wildman–Crippen MR) is 78.5 cm³/mol. The van der Waals surface area contributed by atoms with Gasteiger partial charge in [-0.15, -0.1) is 0 Å². The van der Waals surface area contributed by atoms with Crippen LogP contribution in [0.3, 0.4) is 0 Å². The number of nitrogens with zero attached hydrogens (tertiary/aromatic N) is 2. The van der Waals surface area contributed by atoms with Crippen LogP contribution < -0.4 is 5.73 Å². The molecule has 0 aliphatic heterocycles. The number of rotatable bonds is 5. The van der Waals surface area contributed by atoms with Gasteiger partial charge in [-0.1, -0.05) is 19.9 Å². The van der Waals surface area contributed by atoms with Gasteiger partial charge in [0.25, 0.3) is 11.6 Å². The van der Waals surface area contributed by atoms with E-state index in [1.165, 1.54) is 18.2 Å². The molecule has 20 heavy (non-hydrogen) atoms. The molecular weight excluding hydrogens is 258 g/mol. The van der Waals surface area contributed by atoms with Gasteiger partial charge in [0.2, 0.25) is 0 Å². The van der Waals surface area contributed by atoms with Crippen LogP contribution in [0.1, 0.15) is 38.1 Å². The van der Waals surface area contributed by atoms with Gasteiger partial charge in [-0.25, -0.2) is 0 Å². The number of para-hydroxylation sites is 1. The van der Waals surface area contributed by atoms with E-state index >= 15 is 0 Å². The van der Waals surface area contributed by atoms with E-state index in [1.807, 2.05) is 27.7 Å². The first-order valence-electron chi connectivity index (χ1n) is 6.59. The molecule has 0 aromatic heterocycles. The fraction of sp³-hybridized carbons (Fsp3) is 0.500. The summed E-state index contributed by atoms with van der Waals surface area (Å²) in [6.45, 7) is 8.43. The molecular formula is C14H21N3O3. The van der Waals surface area contributed by atoms with Crippen LogP contribution in [0.5, 0.6) is 0 Å². The number of nitrogens with two attached hydrogens (primary N) is 1. The van der Waals surface area contributed by atoms with Crippen molar-refractivity contribution >= 4 is 17.3 Å². The second-order valence-corrected chi connectivity index (χ2v) is 5.44. The summed E-state index contributed by atoms with van der Waals surface area (Å²) in [7, 11) is 0. The molecule has 0 aliphatic carbocycles. The lowest BCUT2D eigenvalue weighted by Gasteiger charge is -2.29. The van der Waals surface area contributed by atoms with E-state index in [0.717, 1.165) is 0 Å². The summed E-state index contributed by atoms with van der Waals surface area (Å²) in [5, 5.41) is 10.9. The summed E-state index contributed by atoms with van der Waals surface area (Å²) < 4.78 is 0. The SMILES string of the molecule is CC(C)CN(C(=O)c1cccc([N+](=O)[O-])c1N)C(C)C. The maximum atomic E-state index is 12.5. The third kappa shape index (κ3) is 3.46. The van der Waals surface area contributed by atoms with E-state index < -0.39 is 4.92 Å². The number of hydrogen-bond acceptors (Lipinski definition) is 4. The smallest absolute Gasteiger partial charge is 0.292 e. The highest BCUT2D eigenvalue weighted by molar-refractivity contribution is 6.01. The molecule has 0 bridgehead atoms. The molecule has 0 atom stereocenters. The Morgan fingerprint density at radius 3 is 2.40 bits per heavy atom. The predicted octanol–water partition coefficient (Wildman–Crippen LogP) is 2.68. The van der Waals surface area contributed by atoms with Crippen molar-refractivity contribution in [3.63, 3.8) is 0 Å². The highest BCUT2D eigenvalue weighted by Crippen LogP contribution is 2.26. The van der Waals surface area contributed by atoms with Crippen molar-refractivity contribution in [3.8, 4) is 0 Å². The summed E-state index contributed by atoms with van der Waals surface area (Å²) in [6, 6.07) is 4.31. The fourth-order valence-electron chi connectivity index (χ4n) is 1.98. The standard InChI is InChI=1S/C14H21N3O3/c1-9(2)8-16(10(3)4)14(18)11-6-5-7-12(13(11)15)17(19)20/h5-7,9-10H,8,15H2,1-4H3. The van der Waals surface area contributed by atoms with Crippen LogP contribution in [0.2, 0.25) is 0 Å². The number of anilines is 1. The zero-order chi connectivity index (χ0) is 15.4. The molecule has 0 spiro atoms. The largest absolute Gasteiger partial charge is 0.393 e. The van der Waals surface area contributed by atoms with Crippen LogP contribution in [0.4, 0.5) is 11.4 Å². The molecule has 2 N–H and O–H groups in total. The Bertz CT molecular complexity index is 512. The minimum absolute atomic E-state index is 0.00330. The molecule has 0 unspecified atom stereocenters. The Morgan fingerprint density at radius 1 is 1.35 bits per heavy atom. The van der Waals surface area contributed by atoms with Gasteiger partial charge < -0.3 is 10.6 Å². The van der Waals surface area contributed by atoms with Gasteiger partial charge in [-0.2, -0.15) is 0 Å². The average Bonchev–Trinajstić information content (AvgIpc) is 2.34. The number of nitrogen functional groups attached to an aromatic ring is 1. The van der Waals surface area contributed by atoms with Gasteiger partial charge in [0.1, 0.15) is 5.69 Å². The number of nitro benzene ring substituents is 1. The third-order valence-corrected chi connectivity index (χ3v) is 2.96. The van der Waals surface area contributed by atoms with E-state index in [4.69, 9.17) is 5.73 Å². The highest BCUT2D eigenvalue weighted by Gasteiger charge is 2.25. The molecule has 0 heterocycles. The van der Waals surface area contributed by atoms with Gasteiger partial charge in [-0.3, -0.25) is 14.9 Å². The number of nitro groups is 1. The maximum absolute atomic E-state index is 12.5. The van der Waals surface area contributed by atoms with Gasteiger partial charge in [0.15, 0.2) is 0 Å². The van der Waals surface area contributed by atoms with Gasteiger partial charge >= 0.3 is 0 Å². The molecule has 6 nitrogen and oxygen atoms in total. The summed E-state index contributed by atoms with van der Waals surface area (Å²) >= 11 is 0. The van der Waals surface area contributed by atoms with Gasteiger partial charge in [0.05, 0.1) is 10.5 Å². The van der Waals surface area contributed by atoms with Crippen LogP contribution in [0, 0.1) is 16.0 Å². The summed E-state index contributed by atoms with van der Waals surface area (Å²) in [4.78, 5) is 24.5. The third-order valence-electron chi connectivity index (χ3n) is 2.96. The minimum Gasteiger partial charge on any atom is -0.393 e. The van der Waals surface area contributed by atoms with E-state index in [9.17, 15) is 14.9 Å². The van der Waals surface area contributed by atoms with Crippen molar-refractivity contribution in [2.45, 2.75) is 33.7 Å². The van der Waals surface area contributed by atoms with Crippen LogP contribution >= 0.6 is 0 Å². The van der Waals surface area contributed by atoms with Crippen LogP contribution in [0.15, 0.2) is 18.2 Å². The zero-order valence-electron chi connectivity index (χ0n) is 12.3. The monoisotopic (exact) mass is 279 g/mol. The first kappa shape index (κ1) is 15.9. The average molecular weight is 279 g/mol. The van der Waals surface area contributed by atoms with E-state index in [1.54, 1.807) is 4.90 Å². The summed E-state index contributed by atoms with van der Waals surface area (Å²) in [5.41, 5.74) is 5.65. The van der Waals surface area contributed by atoms with Crippen molar-refractivity contribution in [1.29, 1.82) is 0 Å². The first-order valence-corrected chi connectivity index (χ1v) is 6.59. The molecule has 110 valence electrons. The van der Waals surface area contributed by atoms with Crippen molar-refractivity contribution < 1.29 is 9.72 Å². The van der Waals surface area contributed by atoms with Crippen LogP contribution in [0.25, 0.3) is 0 Å². The summed E-state index contributed by atoms with van der Waals surface area (Å²) in [6.07, 6.45) is 0. The van der Waals surface area contributed by atoms with Crippen molar-refractivity contribution in [3.05, 3.63) is 33.9 Å². The second kappa shape index (κ2) is 6.36. The first-order chi connectivity index (χ1) is 9.25. The van der Waals surface area contributed by atoms with Gasteiger partial charge in [-0.05, 0) is 25.8 Å². The lowest BCUT2D eigenvalue weighted by atomic mass is 10.1. The van der Waals surface area contributed by atoms with E-state index in [0.29, 0.717) is 12.5 Å². The quantitative estimate of drug-likeness (QED) is 0.509. The Kier molecular flexibility index (Phi) is 5.07. The normalized spacial score (nSPS) is 10.9. The molecule has 0 fully saturated rings. The Balaban J connectivity index is 3.19. The molecule has 0 saturated carbocycles. The molecule has 1 aromatic carbocycles. The number of carbonyl (C=O) groups excluding carboxylic acids is 1. The van der Waals surface area contributed by atoms with Crippen molar-refractivity contribution in [2.75, 3.05) is 12.3 Å². The number of benzene rings is 1. The maximum Gasteiger partial charge on any atom is 0.292 e. The topological polar surface area (TPSA) is 89.5 Å². The Hall–Kier alpha value is -2.11. The van der Waals surface area contributed by atoms with Crippen molar-refractivity contribution in [1.82, 2.24) is 4.90 Å². The number of amides is 1. The Morgan fingerprint density at radius 2 is 1.95 bits per heavy atom. The number of carbonyl (C=O) groups is 1. The van der Waals surface area contributed by atoms with Crippen LogP contribution in [-0.2, 0) is 0 Å². The highest BCUT2D eigenvalue weighted by atomic mass is 16.6. The zero-order valence-corrected chi connectivity index (χ0v) is 12.3. The molecule has 0 aliphatic rings. The fourth-order valence-corrected chi connectivity index (χ4v) is 1.98. The molecule has 0 radical (unpaired) electrons.